The molecule has 0 unspecified atom stereocenters. The van der Waals surface area contributed by atoms with Crippen molar-refractivity contribution in [3.8, 4) is 0 Å². The zero-order valence-corrected chi connectivity index (χ0v) is 11.8. The van der Waals surface area contributed by atoms with Crippen LogP contribution in [-0.4, -0.2) is 29.5 Å². The van der Waals surface area contributed by atoms with Crippen LogP contribution in [-0.2, 0) is 11.2 Å². The molecule has 0 aliphatic heterocycles. The number of aryl methyl sites for hydroxylation is 1. The molecule has 0 spiro atoms. The van der Waals surface area contributed by atoms with E-state index in [1.54, 1.807) is 11.3 Å². The minimum Gasteiger partial charge on any atom is -0.350 e. The predicted molar refractivity (Wildman–Crippen MR) is 71.3 cm³/mol. The van der Waals surface area contributed by atoms with E-state index >= 15 is 0 Å². The number of hydrogen-bond acceptors (Lipinski definition) is 4. The van der Waals surface area contributed by atoms with Crippen molar-refractivity contribution in [1.29, 1.82) is 0 Å². The number of carbonyl (C=O) groups excluding carboxylic acids is 1. The van der Waals surface area contributed by atoms with Crippen molar-refractivity contribution in [2.45, 2.75) is 39.7 Å². The van der Waals surface area contributed by atoms with E-state index in [9.17, 15) is 4.79 Å². The van der Waals surface area contributed by atoms with Gasteiger partial charge in [-0.1, -0.05) is 0 Å². The summed E-state index contributed by atoms with van der Waals surface area (Å²) in [4.78, 5) is 15.9. The van der Waals surface area contributed by atoms with Gasteiger partial charge in [-0.25, -0.2) is 4.98 Å². The van der Waals surface area contributed by atoms with Crippen LogP contribution in [0.25, 0.3) is 0 Å². The Hall–Kier alpha value is -0.940. The molecule has 0 fully saturated rings. The molecule has 1 rings (SSSR count). The Kier molecular flexibility index (Phi) is 5.08. The Morgan fingerprint density at radius 1 is 1.47 bits per heavy atom. The van der Waals surface area contributed by atoms with E-state index in [2.05, 4.69) is 21.0 Å². The smallest absolute Gasteiger partial charge is 0.234 e. The molecule has 0 saturated carbocycles. The topological polar surface area (TPSA) is 54.0 Å². The molecule has 0 radical (unpaired) electrons. The minimum absolute atomic E-state index is 0.0342. The zero-order valence-electron chi connectivity index (χ0n) is 11.0. The molecule has 4 nitrogen and oxygen atoms in total. The molecular formula is C12H21N3OS. The summed E-state index contributed by atoms with van der Waals surface area (Å²) in [6.07, 6.45) is 0.868. The predicted octanol–water partition coefficient (Wildman–Crippen LogP) is 1.50. The Morgan fingerprint density at radius 2 is 2.18 bits per heavy atom. The summed E-state index contributed by atoms with van der Waals surface area (Å²) in [6.45, 7) is 9.06. The van der Waals surface area contributed by atoms with Crippen molar-refractivity contribution in [3.63, 3.8) is 0 Å². The van der Waals surface area contributed by atoms with Crippen molar-refractivity contribution in [2.24, 2.45) is 0 Å². The molecule has 0 aromatic carbocycles. The van der Waals surface area contributed by atoms with E-state index in [1.165, 1.54) is 0 Å². The van der Waals surface area contributed by atoms with Gasteiger partial charge in [-0.15, -0.1) is 11.3 Å². The van der Waals surface area contributed by atoms with Crippen molar-refractivity contribution in [2.75, 3.05) is 13.1 Å². The molecule has 0 bridgehead atoms. The number of nitrogens with one attached hydrogen (secondary N) is 2. The van der Waals surface area contributed by atoms with E-state index in [0.717, 1.165) is 23.7 Å². The molecule has 1 heterocycles. The fraction of sp³-hybridized carbons (Fsp3) is 0.667. The summed E-state index contributed by atoms with van der Waals surface area (Å²) in [5.74, 6) is 0.0342. The molecule has 0 aliphatic carbocycles. The molecular weight excluding hydrogens is 234 g/mol. The minimum atomic E-state index is -0.162. The molecule has 0 atom stereocenters. The second kappa shape index (κ2) is 6.12. The Labute approximate surface area is 107 Å². The molecule has 1 aromatic heterocycles. The second-order valence-electron chi connectivity index (χ2n) is 5.08. The average molecular weight is 255 g/mol. The third-order valence-electron chi connectivity index (χ3n) is 2.02. The first-order valence-electron chi connectivity index (χ1n) is 5.79. The van der Waals surface area contributed by atoms with E-state index in [4.69, 9.17) is 0 Å². The van der Waals surface area contributed by atoms with Crippen LogP contribution in [0.2, 0.25) is 0 Å². The number of aromatic nitrogens is 1. The van der Waals surface area contributed by atoms with Gasteiger partial charge >= 0.3 is 0 Å². The third kappa shape index (κ3) is 6.38. The van der Waals surface area contributed by atoms with Crippen molar-refractivity contribution >= 4 is 17.2 Å². The maximum Gasteiger partial charge on any atom is 0.234 e. The van der Waals surface area contributed by atoms with Crippen molar-refractivity contribution in [1.82, 2.24) is 15.6 Å². The number of hydrogen-bond donors (Lipinski definition) is 2. The molecule has 96 valence electrons. The lowest BCUT2D eigenvalue weighted by atomic mass is 10.1. The fourth-order valence-electron chi connectivity index (χ4n) is 1.40. The summed E-state index contributed by atoms with van der Waals surface area (Å²) in [5.41, 5.74) is 0.932. The summed E-state index contributed by atoms with van der Waals surface area (Å²) in [7, 11) is 0. The SMILES string of the molecule is Cc1nc(CCNCC(=O)NC(C)(C)C)cs1. The second-order valence-corrected chi connectivity index (χ2v) is 6.15. The van der Waals surface area contributed by atoms with Gasteiger partial charge in [0.2, 0.25) is 5.91 Å². The van der Waals surface area contributed by atoms with Crippen LogP contribution < -0.4 is 10.6 Å². The summed E-state index contributed by atoms with van der Waals surface area (Å²) >= 11 is 1.66. The van der Waals surface area contributed by atoms with Gasteiger partial charge in [-0.2, -0.15) is 0 Å². The first kappa shape index (κ1) is 14.1. The summed E-state index contributed by atoms with van der Waals surface area (Å²) in [6, 6.07) is 0. The largest absolute Gasteiger partial charge is 0.350 e. The molecule has 0 saturated heterocycles. The molecule has 5 heteroatoms. The van der Waals surface area contributed by atoms with E-state index in [0.29, 0.717) is 6.54 Å². The van der Waals surface area contributed by atoms with Gasteiger partial charge in [0, 0.05) is 23.9 Å². The van der Waals surface area contributed by atoms with E-state index in [-0.39, 0.29) is 11.4 Å². The number of nitrogens with zero attached hydrogens (tertiary/aromatic N) is 1. The highest BCUT2D eigenvalue weighted by Crippen LogP contribution is 2.07. The van der Waals surface area contributed by atoms with Gasteiger partial charge in [0.15, 0.2) is 0 Å². The standard InChI is InChI=1S/C12H21N3OS/c1-9-14-10(8-17-9)5-6-13-7-11(16)15-12(2,3)4/h8,13H,5-7H2,1-4H3,(H,15,16). The van der Waals surface area contributed by atoms with Crippen LogP contribution in [0.5, 0.6) is 0 Å². The van der Waals surface area contributed by atoms with Crippen LogP contribution in [0, 0.1) is 6.92 Å². The summed E-state index contributed by atoms with van der Waals surface area (Å²) in [5, 5.41) is 9.18. The lowest BCUT2D eigenvalue weighted by Crippen LogP contribution is -2.45. The first-order chi connectivity index (χ1) is 7.87. The maximum atomic E-state index is 11.5. The van der Waals surface area contributed by atoms with Gasteiger partial charge in [0.1, 0.15) is 0 Å². The highest BCUT2D eigenvalue weighted by molar-refractivity contribution is 7.09. The van der Waals surface area contributed by atoms with E-state index in [1.807, 2.05) is 27.7 Å². The van der Waals surface area contributed by atoms with Crippen molar-refractivity contribution < 1.29 is 4.79 Å². The quantitative estimate of drug-likeness (QED) is 0.784. The maximum absolute atomic E-state index is 11.5. The molecule has 2 N–H and O–H groups in total. The molecule has 1 aromatic rings. The van der Waals surface area contributed by atoms with Gasteiger partial charge in [0.05, 0.1) is 17.2 Å². The third-order valence-corrected chi connectivity index (χ3v) is 2.85. The zero-order chi connectivity index (χ0) is 12.9. The Balaban J connectivity index is 2.14. The Morgan fingerprint density at radius 3 is 2.71 bits per heavy atom. The lowest BCUT2D eigenvalue weighted by Gasteiger charge is -2.20. The van der Waals surface area contributed by atoms with Gasteiger partial charge in [-0.3, -0.25) is 4.79 Å². The highest BCUT2D eigenvalue weighted by atomic mass is 32.1. The van der Waals surface area contributed by atoms with Crippen LogP contribution in [0.15, 0.2) is 5.38 Å². The van der Waals surface area contributed by atoms with E-state index < -0.39 is 0 Å². The molecule has 0 aliphatic rings. The number of amides is 1. The van der Waals surface area contributed by atoms with Crippen LogP contribution in [0.1, 0.15) is 31.5 Å². The van der Waals surface area contributed by atoms with Gasteiger partial charge in [-0.05, 0) is 27.7 Å². The molecule has 17 heavy (non-hydrogen) atoms. The normalized spacial score (nSPS) is 11.5. The first-order valence-corrected chi connectivity index (χ1v) is 6.67. The van der Waals surface area contributed by atoms with Gasteiger partial charge < -0.3 is 10.6 Å². The summed E-state index contributed by atoms with van der Waals surface area (Å²) < 4.78 is 0. The number of carbonyl (C=O) groups is 1. The Bertz CT molecular complexity index is 368. The highest BCUT2D eigenvalue weighted by Gasteiger charge is 2.12. The van der Waals surface area contributed by atoms with Gasteiger partial charge in [0.25, 0.3) is 0 Å². The molecule has 1 amide bonds. The van der Waals surface area contributed by atoms with Crippen LogP contribution >= 0.6 is 11.3 Å². The van der Waals surface area contributed by atoms with Crippen molar-refractivity contribution in [3.05, 3.63) is 16.1 Å². The monoisotopic (exact) mass is 255 g/mol. The van der Waals surface area contributed by atoms with Crippen LogP contribution in [0.4, 0.5) is 0 Å². The van der Waals surface area contributed by atoms with Crippen LogP contribution in [0.3, 0.4) is 0 Å². The lowest BCUT2D eigenvalue weighted by molar-refractivity contribution is -0.121. The fourth-order valence-corrected chi connectivity index (χ4v) is 2.05. The number of thiazole rings is 1. The average Bonchev–Trinajstić information content (AvgIpc) is 2.56. The number of rotatable bonds is 5.